The van der Waals surface area contributed by atoms with Crippen molar-refractivity contribution in [3.8, 4) is 11.4 Å². The van der Waals surface area contributed by atoms with Crippen molar-refractivity contribution in [3.05, 3.63) is 47.0 Å². The molecule has 0 saturated heterocycles. The van der Waals surface area contributed by atoms with Crippen LogP contribution in [0.2, 0.25) is 0 Å². The molecule has 156 valence electrons. The number of halogens is 4. The molecule has 0 saturated carbocycles. The van der Waals surface area contributed by atoms with Gasteiger partial charge in [0.15, 0.2) is 12.1 Å². The van der Waals surface area contributed by atoms with Gasteiger partial charge >= 0.3 is 0 Å². The number of nitrogens with zero attached hydrogens (tertiary/aromatic N) is 3. The molecule has 0 aliphatic carbocycles. The largest absolute Gasteiger partial charge is 0.383 e. The Labute approximate surface area is 166 Å². The first-order chi connectivity index (χ1) is 13.8. The molecule has 1 aromatic heterocycles. The third kappa shape index (κ3) is 5.52. The summed E-state index contributed by atoms with van der Waals surface area (Å²) in [5.41, 5.74) is 4.30. The second-order valence-electron chi connectivity index (χ2n) is 6.54. The van der Waals surface area contributed by atoms with Crippen molar-refractivity contribution in [3.63, 3.8) is 0 Å². The van der Waals surface area contributed by atoms with Crippen LogP contribution in [-0.4, -0.2) is 34.7 Å². The number of unbranched alkanes of at least 4 members (excludes halogenated alkanes) is 2. The summed E-state index contributed by atoms with van der Waals surface area (Å²) in [5, 5.41) is 0. The highest BCUT2D eigenvalue weighted by atomic mass is 19.3. The summed E-state index contributed by atoms with van der Waals surface area (Å²) in [5.74, 6) is -2.43. The topological polar surface area (TPSA) is 72.1 Å². The standard InChI is InChI=1S/C20H22F4N4O/c1-3-4-5-6-28(2)10-17(22)13-8-14(16(21)7-12(13)11-29)20-26-9-15(18(23)24)19(25)27-20/h7-11,18H,3-6H2,1-2H3,(H2,25,26,27)/b17-10+. The summed E-state index contributed by atoms with van der Waals surface area (Å²) in [4.78, 5) is 20.3. The molecule has 0 spiro atoms. The fourth-order valence-electron chi connectivity index (χ4n) is 2.71. The van der Waals surface area contributed by atoms with Gasteiger partial charge in [-0.25, -0.2) is 27.5 Å². The number of hydrogen-bond acceptors (Lipinski definition) is 5. The van der Waals surface area contributed by atoms with Crippen molar-refractivity contribution in [2.24, 2.45) is 0 Å². The maximum absolute atomic E-state index is 14.8. The molecule has 2 N–H and O–H groups in total. The van der Waals surface area contributed by atoms with Gasteiger partial charge in [-0.2, -0.15) is 0 Å². The van der Waals surface area contributed by atoms with Crippen LogP contribution in [-0.2, 0) is 0 Å². The Bertz CT molecular complexity index is 902. The quantitative estimate of drug-likeness (QED) is 0.358. The molecule has 9 heteroatoms. The van der Waals surface area contributed by atoms with Gasteiger partial charge in [0.1, 0.15) is 17.5 Å². The highest BCUT2D eigenvalue weighted by Gasteiger charge is 2.19. The zero-order chi connectivity index (χ0) is 21.6. The molecule has 0 unspecified atom stereocenters. The van der Waals surface area contributed by atoms with Gasteiger partial charge in [-0.05, 0) is 18.6 Å². The predicted molar refractivity (Wildman–Crippen MR) is 103 cm³/mol. The van der Waals surface area contributed by atoms with Crippen LogP contribution in [0.15, 0.2) is 24.5 Å². The second-order valence-corrected chi connectivity index (χ2v) is 6.54. The van der Waals surface area contributed by atoms with Crippen LogP contribution in [0.3, 0.4) is 0 Å². The number of rotatable bonds is 9. The minimum atomic E-state index is -2.88. The maximum Gasteiger partial charge on any atom is 0.268 e. The van der Waals surface area contributed by atoms with Crippen LogP contribution in [0.4, 0.5) is 23.4 Å². The van der Waals surface area contributed by atoms with E-state index in [0.717, 1.165) is 37.6 Å². The van der Waals surface area contributed by atoms with Crippen LogP contribution in [0, 0.1) is 5.82 Å². The van der Waals surface area contributed by atoms with Gasteiger partial charge in [0.05, 0.1) is 11.1 Å². The minimum Gasteiger partial charge on any atom is -0.383 e. The second kappa shape index (κ2) is 9.99. The van der Waals surface area contributed by atoms with E-state index in [2.05, 4.69) is 16.9 Å². The van der Waals surface area contributed by atoms with E-state index < -0.39 is 29.5 Å². The number of anilines is 1. The minimum absolute atomic E-state index is 0.154. The van der Waals surface area contributed by atoms with Gasteiger partial charge in [-0.15, -0.1) is 0 Å². The SMILES string of the molecule is CCCCCN(C)/C=C(/F)c1cc(-c2ncc(C(F)F)c(N)n2)c(F)cc1C=O. The number of nitrogens with two attached hydrogens (primary N) is 1. The van der Waals surface area contributed by atoms with Crippen LogP contribution >= 0.6 is 0 Å². The molecule has 0 bridgehead atoms. The first-order valence-electron chi connectivity index (χ1n) is 9.06. The molecule has 0 radical (unpaired) electrons. The monoisotopic (exact) mass is 410 g/mol. The fourth-order valence-corrected chi connectivity index (χ4v) is 2.71. The van der Waals surface area contributed by atoms with Crippen LogP contribution in [0.5, 0.6) is 0 Å². The zero-order valence-corrected chi connectivity index (χ0v) is 16.1. The first-order valence-corrected chi connectivity index (χ1v) is 9.06. The van der Waals surface area contributed by atoms with E-state index in [1.165, 1.54) is 6.20 Å². The van der Waals surface area contributed by atoms with E-state index >= 15 is 0 Å². The molecule has 1 aromatic carbocycles. The Morgan fingerprint density at radius 1 is 1.31 bits per heavy atom. The Hall–Kier alpha value is -2.97. The lowest BCUT2D eigenvalue weighted by atomic mass is 10.0. The number of carbonyl (C=O) groups excluding carboxylic acids is 1. The molecule has 29 heavy (non-hydrogen) atoms. The summed E-state index contributed by atoms with van der Waals surface area (Å²) >= 11 is 0. The van der Waals surface area contributed by atoms with Crippen molar-refractivity contribution < 1.29 is 22.4 Å². The van der Waals surface area contributed by atoms with Gasteiger partial charge in [0.2, 0.25) is 0 Å². The first kappa shape index (κ1) is 22.3. The molecule has 0 amide bonds. The number of benzene rings is 1. The summed E-state index contributed by atoms with van der Waals surface area (Å²) in [7, 11) is 1.69. The van der Waals surface area contributed by atoms with Crippen molar-refractivity contribution >= 4 is 17.9 Å². The summed E-state index contributed by atoms with van der Waals surface area (Å²) in [6.07, 6.45) is 2.34. The molecular weight excluding hydrogens is 388 g/mol. The van der Waals surface area contributed by atoms with Crippen molar-refractivity contribution in [1.82, 2.24) is 14.9 Å². The van der Waals surface area contributed by atoms with Gasteiger partial charge in [-0.3, -0.25) is 4.79 Å². The smallest absolute Gasteiger partial charge is 0.268 e. The fraction of sp³-hybridized carbons (Fsp3) is 0.350. The highest BCUT2D eigenvalue weighted by Crippen LogP contribution is 2.30. The van der Waals surface area contributed by atoms with Gasteiger partial charge in [0.25, 0.3) is 6.43 Å². The lowest BCUT2D eigenvalue weighted by molar-refractivity contribution is 0.112. The van der Waals surface area contributed by atoms with Gasteiger partial charge < -0.3 is 10.6 Å². The molecule has 2 rings (SSSR count). The molecular formula is C20H22F4N4O. The zero-order valence-electron chi connectivity index (χ0n) is 16.1. The van der Waals surface area contributed by atoms with Crippen molar-refractivity contribution in [2.75, 3.05) is 19.3 Å². The molecule has 2 aromatic rings. The summed E-state index contributed by atoms with van der Waals surface area (Å²) < 4.78 is 54.9. The molecule has 0 aliphatic rings. The molecule has 0 atom stereocenters. The number of hydrogen-bond donors (Lipinski definition) is 1. The Morgan fingerprint density at radius 2 is 2.03 bits per heavy atom. The third-order valence-electron chi connectivity index (χ3n) is 4.30. The highest BCUT2D eigenvalue weighted by molar-refractivity contribution is 5.86. The maximum atomic E-state index is 14.8. The average Bonchev–Trinajstić information content (AvgIpc) is 2.67. The van der Waals surface area contributed by atoms with E-state index in [4.69, 9.17) is 5.73 Å². The molecule has 1 heterocycles. The van der Waals surface area contributed by atoms with E-state index in [1.54, 1.807) is 11.9 Å². The molecule has 0 aliphatic heterocycles. The van der Waals surface area contributed by atoms with Crippen molar-refractivity contribution in [2.45, 2.75) is 32.6 Å². The predicted octanol–water partition coefficient (Wildman–Crippen LogP) is 5.00. The number of alkyl halides is 2. The Morgan fingerprint density at radius 3 is 2.62 bits per heavy atom. The Kier molecular flexibility index (Phi) is 7.69. The van der Waals surface area contributed by atoms with E-state index in [0.29, 0.717) is 12.8 Å². The summed E-state index contributed by atoms with van der Waals surface area (Å²) in [6.45, 7) is 2.66. The van der Waals surface area contributed by atoms with Gasteiger partial charge in [-0.1, -0.05) is 19.8 Å². The normalized spacial score (nSPS) is 11.8. The number of carbonyl (C=O) groups is 1. The van der Waals surface area contributed by atoms with Crippen LogP contribution in [0.1, 0.15) is 54.1 Å². The van der Waals surface area contributed by atoms with Gasteiger partial charge in [0, 0.05) is 37.1 Å². The third-order valence-corrected chi connectivity index (χ3v) is 4.30. The van der Waals surface area contributed by atoms with Crippen LogP contribution in [0.25, 0.3) is 17.2 Å². The lowest BCUT2D eigenvalue weighted by Gasteiger charge is -2.15. The van der Waals surface area contributed by atoms with E-state index in [9.17, 15) is 22.4 Å². The lowest BCUT2D eigenvalue weighted by Crippen LogP contribution is -2.12. The summed E-state index contributed by atoms with van der Waals surface area (Å²) in [6, 6.07) is 1.92. The number of aromatic nitrogens is 2. The molecule has 5 nitrogen and oxygen atoms in total. The number of nitrogen functional groups attached to an aromatic ring is 1. The molecule has 0 fully saturated rings. The van der Waals surface area contributed by atoms with E-state index in [-0.39, 0.29) is 22.5 Å². The Balaban J connectivity index is 2.44. The average molecular weight is 410 g/mol. The van der Waals surface area contributed by atoms with E-state index in [1.807, 2.05) is 0 Å². The number of aldehydes is 1. The van der Waals surface area contributed by atoms with Crippen molar-refractivity contribution in [1.29, 1.82) is 0 Å². The van der Waals surface area contributed by atoms with Crippen LogP contribution < -0.4 is 5.73 Å².